The summed E-state index contributed by atoms with van der Waals surface area (Å²) in [5, 5.41) is 2.81. The van der Waals surface area contributed by atoms with Crippen LogP contribution >= 0.6 is 0 Å². The van der Waals surface area contributed by atoms with Crippen LogP contribution in [0.4, 0.5) is 5.82 Å². The fraction of sp³-hybridized carbons (Fsp3) is 0.412. The molecule has 1 saturated heterocycles. The number of ether oxygens (including phenoxy) is 1. The van der Waals surface area contributed by atoms with Gasteiger partial charge in [0.15, 0.2) is 0 Å². The van der Waals surface area contributed by atoms with E-state index in [0.29, 0.717) is 12.1 Å². The summed E-state index contributed by atoms with van der Waals surface area (Å²) in [6.45, 7) is 6.09. The standard InChI is InChI=1S/C17H21N3O3/c1-12-10-20(11-13(2)23-12)16-6-5-14(8-18-16)17(21)19-9-15-4-3-7-22-15/h3-8,12-13H,9-11H2,1-2H3,(H,19,21)/t12-,13+. The molecule has 1 aliphatic heterocycles. The summed E-state index contributed by atoms with van der Waals surface area (Å²) >= 11 is 0. The van der Waals surface area contributed by atoms with Crippen LogP contribution in [-0.2, 0) is 11.3 Å². The molecule has 122 valence electrons. The summed E-state index contributed by atoms with van der Waals surface area (Å²) in [4.78, 5) is 18.7. The summed E-state index contributed by atoms with van der Waals surface area (Å²) in [6, 6.07) is 7.29. The average Bonchev–Trinajstić information content (AvgIpc) is 3.05. The van der Waals surface area contributed by atoms with Gasteiger partial charge < -0.3 is 19.4 Å². The van der Waals surface area contributed by atoms with Gasteiger partial charge in [0.05, 0.1) is 30.6 Å². The summed E-state index contributed by atoms with van der Waals surface area (Å²) in [5.74, 6) is 1.43. The normalized spacial score (nSPS) is 21.2. The molecule has 0 unspecified atom stereocenters. The van der Waals surface area contributed by atoms with Crippen molar-refractivity contribution in [1.82, 2.24) is 10.3 Å². The van der Waals surface area contributed by atoms with Crippen molar-refractivity contribution in [3.05, 3.63) is 48.0 Å². The van der Waals surface area contributed by atoms with Crippen molar-refractivity contribution < 1.29 is 13.9 Å². The molecule has 3 rings (SSSR count). The minimum Gasteiger partial charge on any atom is -0.467 e. The quantitative estimate of drug-likeness (QED) is 0.937. The molecule has 1 aliphatic rings. The Labute approximate surface area is 135 Å². The number of hydrogen-bond acceptors (Lipinski definition) is 5. The number of hydrogen-bond donors (Lipinski definition) is 1. The van der Waals surface area contributed by atoms with E-state index in [1.807, 2.05) is 12.1 Å². The molecule has 2 aromatic heterocycles. The Kier molecular flexibility index (Phi) is 4.62. The number of furan rings is 1. The first-order chi connectivity index (χ1) is 11.1. The van der Waals surface area contributed by atoms with E-state index in [-0.39, 0.29) is 18.1 Å². The van der Waals surface area contributed by atoms with Gasteiger partial charge in [-0.3, -0.25) is 4.79 Å². The average molecular weight is 315 g/mol. The largest absolute Gasteiger partial charge is 0.467 e. The summed E-state index contributed by atoms with van der Waals surface area (Å²) in [7, 11) is 0. The smallest absolute Gasteiger partial charge is 0.253 e. The summed E-state index contributed by atoms with van der Waals surface area (Å²) in [5.41, 5.74) is 0.537. The lowest BCUT2D eigenvalue weighted by Crippen LogP contribution is -2.45. The molecule has 1 N–H and O–H groups in total. The number of amides is 1. The second-order valence-electron chi connectivity index (χ2n) is 5.83. The van der Waals surface area contributed by atoms with Crippen molar-refractivity contribution in [1.29, 1.82) is 0 Å². The molecule has 1 fully saturated rings. The van der Waals surface area contributed by atoms with Crippen molar-refractivity contribution in [2.24, 2.45) is 0 Å². The zero-order chi connectivity index (χ0) is 16.2. The van der Waals surface area contributed by atoms with Gasteiger partial charge in [-0.25, -0.2) is 4.98 Å². The maximum absolute atomic E-state index is 12.1. The van der Waals surface area contributed by atoms with Crippen LogP contribution in [0.2, 0.25) is 0 Å². The molecule has 0 spiro atoms. The van der Waals surface area contributed by atoms with Crippen LogP contribution in [0.3, 0.4) is 0 Å². The predicted molar refractivity (Wildman–Crippen MR) is 86.3 cm³/mol. The Balaban J connectivity index is 1.61. The van der Waals surface area contributed by atoms with Gasteiger partial charge in [0.2, 0.25) is 0 Å². The fourth-order valence-corrected chi connectivity index (χ4v) is 2.76. The first-order valence-corrected chi connectivity index (χ1v) is 7.79. The molecule has 6 heteroatoms. The van der Waals surface area contributed by atoms with Crippen molar-refractivity contribution in [2.75, 3.05) is 18.0 Å². The number of anilines is 1. The Morgan fingerprint density at radius 3 is 2.70 bits per heavy atom. The minimum atomic E-state index is -0.163. The van der Waals surface area contributed by atoms with Gasteiger partial charge in [-0.2, -0.15) is 0 Å². The number of carbonyl (C=O) groups excluding carboxylic acids is 1. The number of nitrogens with one attached hydrogen (secondary N) is 1. The van der Waals surface area contributed by atoms with Gasteiger partial charge in [0.1, 0.15) is 11.6 Å². The monoisotopic (exact) mass is 315 g/mol. The number of morpholine rings is 1. The third-order valence-electron chi connectivity index (χ3n) is 3.76. The van der Waals surface area contributed by atoms with Crippen LogP contribution in [0.25, 0.3) is 0 Å². The molecular weight excluding hydrogens is 294 g/mol. The Morgan fingerprint density at radius 1 is 1.30 bits per heavy atom. The molecule has 3 heterocycles. The highest BCUT2D eigenvalue weighted by molar-refractivity contribution is 5.93. The van der Waals surface area contributed by atoms with Gasteiger partial charge in [0, 0.05) is 19.3 Å². The highest BCUT2D eigenvalue weighted by atomic mass is 16.5. The number of pyridine rings is 1. The second kappa shape index (κ2) is 6.83. The maximum atomic E-state index is 12.1. The van der Waals surface area contributed by atoms with Crippen LogP contribution in [0.5, 0.6) is 0 Å². The first-order valence-electron chi connectivity index (χ1n) is 7.79. The number of carbonyl (C=O) groups is 1. The van der Waals surface area contributed by atoms with Crippen molar-refractivity contribution in [3.8, 4) is 0 Å². The molecular formula is C17H21N3O3. The van der Waals surface area contributed by atoms with Gasteiger partial charge >= 0.3 is 0 Å². The summed E-state index contributed by atoms with van der Waals surface area (Å²) in [6.07, 6.45) is 3.55. The molecule has 0 aromatic carbocycles. The molecule has 6 nitrogen and oxygen atoms in total. The molecule has 0 saturated carbocycles. The Bertz CT molecular complexity index is 630. The van der Waals surface area contributed by atoms with E-state index >= 15 is 0 Å². The maximum Gasteiger partial charge on any atom is 0.253 e. The topological polar surface area (TPSA) is 67.6 Å². The van der Waals surface area contributed by atoms with Crippen molar-refractivity contribution in [3.63, 3.8) is 0 Å². The molecule has 0 aliphatic carbocycles. The van der Waals surface area contributed by atoms with Gasteiger partial charge in [-0.05, 0) is 38.1 Å². The van der Waals surface area contributed by atoms with Gasteiger partial charge in [-0.15, -0.1) is 0 Å². The second-order valence-corrected chi connectivity index (χ2v) is 5.83. The minimum absolute atomic E-state index is 0.163. The van der Waals surface area contributed by atoms with E-state index in [1.54, 1.807) is 24.6 Å². The number of aromatic nitrogens is 1. The number of rotatable bonds is 4. The molecule has 2 aromatic rings. The van der Waals surface area contributed by atoms with Gasteiger partial charge in [0.25, 0.3) is 5.91 Å². The summed E-state index contributed by atoms with van der Waals surface area (Å²) < 4.78 is 10.9. The third-order valence-corrected chi connectivity index (χ3v) is 3.76. The van der Waals surface area contributed by atoms with Crippen LogP contribution in [0, 0.1) is 0 Å². The van der Waals surface area contributed by atoms with E-state index in [0.717, 1.165) is 24.7 Å². The van der Waals surface area contributed by atoms with E-state index < -0.39 is 0 Å². The van der Waals surface area contributed by atoms with E-state index in [1.165, 1.54) is 0 Å². The third kappa shape index (κ3) is 3.90. The highest BCUT2D eigenvalue weighted by Gasteiger charge is 2.23. The van der Waals surface area contributed by atoms with Crippen LogP contribution in [0.15, 0.2) is 41.1 Å². The highest BCUT2D eigenvalue weighted by Crippen LogP contribution is 2.18. The lowest BCUT2D eigenvalue weighted by atomic mass is 10.2. The van der Waals surface area contributed by atoms with E-state index in [4.69, 9.17) is 9.15 Å². The van der Waals surface area contributed by atoms with Crippen molar-refractivity contribution in [2.45, 2.75) is 32.6 Å². The molecule has 23 heavy (non-hydrogen) atoms. The zero-order valence-corrected chi connectivity index (χ0v) is 13.4. The Morgan fingerprint density at radius 2 is 2.09 bits per heavy atom. The van der Waals surface area contributed by atoms with Crippen molar-refractivity contribution >= 4 is 11.7 Å². The van der Waals surface area contributed by atoms with Crippen LogP contribution in [-0.4, -0.2) is 36.2 Å². The van der Waals surface area contributed by atoms with Crippen LogP contribution in [0.1, 0.15) is 30.0 Å². The fourth-order valence-electron chi connectivity index (χ4n) is 2.76. The molecule has 0 radical (unpaired) electrons. The molecule has 2 atom stereocenters. The van der Waals surface area contributed by atoms with Crippen LogP contribution < -0.4 is 10.2 Å². The first kappa shape index (κ1) is 15.6. The van der Waals surface area contributed by atoms with E-state index in [2.05, 4.69) is 29.0 Å². The SMILES string of the molecule is C[C@@H]1CN(c2ccc(C(=O)NCc3ccco3)cn2)C[C@H](C)O1. The molecule has 1 amide bonds. The molecule has 0 bridgehead atoms. The lowest BCUT2D eigenvalue weighted by molar-refractivity contribution is -0.00546. The van der Waals surface area contributed by atoms with Gasteiger partial charge in [-0.1, -0.05) is 0 Å². The van der Waals surface area contributed by atoms with E-state index in [9.17, 15) is 4.79 Å². The zero-order valence-electron chi connectivity index (χ0n) is 13.4. The predicted octanol–water partition coefficient (Wildman–Crippen LogP) is 2.22. The lowest BCUT2D eigenvalue weighted by Gasteiger charge is -2.36. The number of nitrogens with zero attached hydrogens (tertiary/aromatic N) is 2. The Hall–Kier alpha value is -2.34.